The Hall–Kier alpha value is -4.41. The number of anilines is 3. The molecular weight excluding hydrogens is 393 g/mol. The summed E-state index contributed by atoms with van der Waals surface area (Å²) >= 11 is 0. The van der Waals surface area contributed by atoms with Gasteiger partial charge in [0.05, 0.1) is 0 Å². The zero-order valence-corrected chi connectivity index (χ0v) is 15.6. The van der Waals surface area contributed by atoms with Gasteiger partial charge in [0.1, 0.15) is 23.6 Å². The van der Waals surface area contributed by atoms with Gasteiger partial charge in [-0.2, -0.15) is 0 Å². The fourth-order valence-corrected chi connectivity index (χ4v) is 2.21. The van der Waals surface area contributed by atoms with Gasteiger partial charge in [0, 0.05) is 5.56 Å². The van der Waals surface area contributed by atoms with Crippen molar-refractivity contribution in [2.45, 2.75) is 0 Å². The van der Waals surface area contributed by atoms with E-state index in [4.69, 9.17) is 10.5 Å². The minimum atomic E-state index is -0.520. The molecule has 0 fully saturated rings. The Bertz CT molecular complexity index is 1020. The number of hydrogen-bond donors (Lipinski definition) is 5. The lowest BCUT2D eigenvalue weighted by molar-refractivity contribution is -0.122. The fourth-order valence-electron chi connectivity index (χ4n) is 2.21. The number of aromatic nitrogens is 2. The van der Waals surface area contributed by atoms with Crippen molar-refractivity contribution >= 4 is 29.1 Å². The minimum absolute atomic E-state index is 0.0428. The summed E-state index contributed by atoms with van der Waals surface area (Å²) in [6.07, 6.45) is 1.18. The van der Waals surface area contributed by atoms with Gasteiger partial charge >= 0.3 is 0 Å². The molecule has 0 aliphatic rings. The SMILES string of the molecule is Nc1c(NNC(=O)COc2ccccc2)ncnc1NNC(=O)c1ccc(F)cc1. The highest BCUT2D eigenvalue weighted by Gasteiger charge is 2.11. The molecule has 3 rings (SSSR count). The van der Waals surface area contributed by atoms with Gasteiger partial charge in [-0.25, -0.2) is 14.4 Å². The number of benzene rings is 2. The van der Waals surface area contributed by atoms with Gasteiger partial charge in [0.15, 0.2) is 18.2 Å². The first-order chi connectivity index (χ1) is 14.5. The van der Waals surface area contributed by atoms with E-state index >= 15 is 0 Å². The lowest BCUT2D eigenvalue weighted by Gasteiger charge is -2.14. The fraction of sp³-hybridized carbons (Fsp3) is 0.0526. The van der Waals surface area contributed by atoms with E-state index in [9.17, 15) is 14.0 Å². The van der Waals surface area contributed by atoms with Crippen LogP contribution in [0.4, 0.5) is 21.7 Å². The molecular formula is C19H18FN7O3. The number of carbonyl (C=O) groups is 2. The predicted molar refractivity (Wildman–Crippen MR) is 108 cm³/mol. The second-order valence-corrected chi connectivity index (χ2v) is 5.85. The Morgan fingerprint density at radius 2 is 1.57 bits per heavy atom. The van der Waals surface area contributed by atoms with Crippen LogP contribution < -0.4 is 32.2 Å². The van der Waals surface area contributed by atoms with Crippen molar-refractivity contribution in [2.75, 3.05) is 23.2 Å². The van der Waals surface area contributed by atoms with E-state index in [-0.39, 0.29) is 29.5 Å². The predicted octanol–water partition coefficient (Wildman–Crippen LogP) is 1.48. The molecule has 1 aromatic heterocycles. The Labute approximate surface area is 170 Å². The van der Waals surface area contributed by atoms with Gasteiger partial charge in [-0.05, 0) is 36.4 Å². The van der Waals surface area contributed by atoms with Crippen molar-refractivity contribution in [3.05, 3.63) is 72.3 Å². The average molecular weight is 411 g/mol. The third-order valence-electron chi connectivity index (χ3n) is 3.72. The van der Waals surface area contributed by atoms with Gasteiger partial charge in [0.2, 0.25) is 0 Å². The lowest BCUT2D eigenvalue weighted by Crippen LogP contribution is -2.34. The van der Waals surface area contributed by atoms with Crippen LogP contribution in [0.5, 0.6) is 5.75 Å². The molecule has 0 saturated heterocycles. The van der Waals surface area contributed by atoms with Crippen molar-refractivity contribution < 1.29 is 18.7 Å². The third-order valence-corrected chi connectivity index (χ3v) is 3.72. The van der Waals surface area contributed by atoms with E-state index in [2.05, 4.69) is 31.7 Å². The van der Waals surface area contributed by atoms with Crippen LogP contribution in [0.1, 0.15) is 10.4 Å². The van der Waals surface area contributed by atoms with E-state index in [0.717, 1.165) is 0 Å². The first-order valence-electron chi connectivity index (χ1n) is 8.68. The van der Waals surface area contributed by atoms with Crippen LogP contribution in [-0.4, -0.2) is 28.4 Å². The maximum absolute atomic E-state index is 12.9. The van der Waals surface area contributed by atoms with Crippen molar-refractivity contribution in [1.29, 1.82) is 0 Å². The zero-order chi connectivity index (χ0) is 21.3. The summed E-state index contributed by atoms with van der Waals surface area (Å²) in [4.78, 5) is 31.8. The maximum Gasteiger partial charge on any atom is 0.276 e. The molecule has 0 aliphatic heterocycles. The van der Waals surface area contributed by atoms with Gasteiger partial charge in [-0.3, -0.25) is 31.3 Å². The smallest absolute Gasteiger partial charge is 0.276 e. The molecule has 30 heavy (non-hydrogen) atoms. The molecule has 0 spiro atoms. The van der Waals surface area contributed by atoms with Crippen LogP contribution in [0.15, 0.2) is 60.9 Å². The average Bonchev–Trinajstić information content (AvgIpc) is 2.77. The Morgan fingerprint density at radius 1 is 0.933 bits per heavy atom. The topological polar surface area (TPSA) is 143 Å². The summed E-state index contributed by atoms with van der Waals surface area (Å²) < 4.78 is 18.3. The highest BCUT2D eigenvalue weighted by Crippen LogP contribution is 2.21. The number of nitrogen functional groups attached to an aromatic ring is 1. The van der Waals surface area contributed by atoms with E-state index in [1.54, 1.807) is 24.3 Å². The lowest BCUT2D eigenvalue weighted by atomic mass is 10.2. The minimum Gasteiger partial charge on any atom is -0.484 e. The normalized spacial score (nSPS) is 10.0. The molecule has 0 saturated carbocycles. The summed E-state index contributed by atoms with van der Waals surface area (Å²) in [5.41, 5.74) is 16.1. The number of carbonyl (C=O) groups excluding carboxylic acids is 2. The number of rotatable bonds is 8. The second-order valence-electron chi connectivity index (χ2n) is 5.85. The number of hydrazine groups is 2. The number of ether oxygens (including phenoxy) is 1. The number of amides is 2. The largest absolute Gasteiger partial charge is 0.484 e. The highest BCUT2D eigenvalue weighted by atomic mass is 19.1. The molecule has 0 unspecified atom stereocenters. The molecule has 0 bridgehead atoms. The molecule has 2 amide bonds. The Morgan fingerprint density at radius 3 is 2.23 bits per heavy atom. The van der Waals surface area contributed by atoms with Crippen LogP contribution in [0.3, 0.4) is 0 Å². The summed E-state index contributed by atoms with van der Waals surface area (Å²) in [5, 5.41) is 0. The first kappa shape index (κ1) is 20.3. The molecule has 154 valence electrons. The number of nitrogens with two attached hydrogens (primary N) is 1. The van der Waals surface area contributed by atoms with E-state index < -0.39 is 17.6 Å². The summed E-state index contributed by atoms with van der Waals surface area (Å²) in [7, 11) is 0. The first-order valence-corrected chi connectivity index (χ1v) is 8.68. The summed E-state index contributed by atoms with van der Waals surface area (Å²) in [6.45, 7) is -0.221. The molecule has 0 radical (unpaired) electrons. The van der Waals surface area contributed by atoms with Crippen molar-refractivity contribution in [3.63, 3.8) is 0 Å². The zero-order valence-electron chi connectivity index (χ0n) is 15.6. The number of nitrogens with zero attached hydrogens (tertiary/aromatic N) is 2. The van der Waals surface area contributed by atoms with Crippen LogP contribution in [-0.2, 0) is 4.79 Å². The van der Waals surface area contributed by atoms with Gasteiger partial charge in [0.25, 0.3) is 11.8 Å². The number of nitrogens with one attached hydrogen (secondary N) is 4. The van der Waals surface area contributed by atoms with Crippen molar-refractivity contribution in [1.82, 2.24) is 20.8 Å². The molecule has 0 atom stereocenters. The molecule has 0 aliphatic carbocycles. The number of para-hydroxylation sites is 1. The molecule has 2 aromatic carbocycles. The van der Waals surface area contributed by atoms with Crippen LogP contribution in [0.25, 0.3) is 0 Å². The molecule has 11 heteroatoms. The maximum atomic E-state index is 12.9. The van der Waals surface area contributed by atoms with Gasteiger partial charge in [-0.1, -0.05) is 18.2 Å². The molecule has 10 nitrogen and oxygen atoms in total. The second kappa shape index (κ2) is 9.68. The van der Waals surface area contributed by atoms with E-state index in [1.807, 2.05) is 6.07 Å². The monoisotopic (exact) mass is 411 g/mol. The van der Waals surface area contributed by atoms with Crippen LogP contribution >= 0.6 is 0 Å². The molecule has 1 heterocycles. The summed E-state index contributed by atoms with van der Waals surface area (Å²) in [5.74, 6) is -0.678. The van der Waals surface area contributed by atoms with Crippen LogP contribution in [0, 0.1) is 5.82 Å². The third kappa shape index (κ3) is 5.55. The molecule has 6 N–H and O–H groups in total. The van der Waals surface area contributed by atoms with Crippen molar-refractivity contribution in [3.8, 4) is 5.75 Å². The number of hydrogen-bond acceptors (Lipinski definition) is 8. The van der Waals surface area contributed by atoms with Gasteiger partial charge in [-0.15, -0.1) is 0 Å². The van der Waals surface area contributed by atoms with Crippen molar-refractivity contribution in [2.24, 2.45) is 0 Å². The molecule has 3 aromatic rings. The van der Waals surface area contributed by atoms with Crippen LogP contribution in [0.2, 0.25) is 0 Å². The standard InChI is InChI=1S/C19H18FN7O3/c20-13-8-6-12(7-9-13)19(29)27-26-18-16(21)17(22-11-23-18)25-24-15(28)10-30-14-4-2-1-3-5-14/h1-9,11H,10,21H2,(H,24,28)(H,27,29)(H2,22,23,25,26). The Kier molecular flexibility index (Phi) is 6.56. The summed E-state index contributed by atoms with van der Waals surface area (Å²) in [6, 6.07) is 13.8. The highest BCUT2D eigenvalue weighted by molar-refractivity contribution is 5.95. The Balaban J connectivity index is 1.52. The van der Waals surface area contributed by atoms with E-state index in [0.29, 0.717) is 5.75 Å². The quantitative estimate of drug-likeness (QED) is 0.351. The van der Waals surface area contributed by atoms with E-state index in [1.165, 1.54) is 30.6 Å². The van der Waals surface area contributed by atoms with Gasteiger partial charge < -0.3 is 10.5 Å². The number of halogens is 1.